The Kier molecular flexibility index (Phi) is 11.3. The maximum atomic E-state index is 14.2. The first-order chi connectivity index (χ1) is 23.1. The standard InChI is InChI=1S/C23H35N9O15P2/c1-41-6-4-27-48(37,43-7-10-14(33)15(34)20(45-10)31-5-3-12(24)28-23(31)36)47-16-11(8-44-49(38,39)40)46-21(17(16)42-2)32-9-26-13-18(32)29-22(25)30-19(13)35/h3,5,9-11,14-17,20-21,33-34H,4,6-8H2,1-2H3,(H,27,37)(H2,24,28,36)(H2,38,39,40)(H3,25,29,30,35)/t10-,11-,14-,15-,16-,17-,20-,21-,48?/m1/s1. The maximum absolute atomic E-state index is 14.2. The van der Waals surface area contributed by atoms with Crippen LogP contribution in [0.2, 0.25) is 0 Å². The van der Waals surface area contributed by atoms with Gasteiger partial charge in [0.2, 0.25) is 5.95 Å². The molecule has 0 bridgehead atoms. The number of imidazole rings is 1. The Labute approximate surface area is 275 Å². The number of nitrogens with two attached hydrogens (primary N) is 2. The van der Waals surface area contributed by atoms with E-state index in [1.165, 1.54) is 37.4 Å². The average molecular weight is 740 g/mol. The third-order valence-electron chi connectivity index (χ3n) is 7.43. The Hall–Kier alpha value is -3.19. The summed E-state index contributed by atoms with van der Waals surface area (Å²) < 4.78 is 66.6. The predicted molar refractivity (Wildman–Crippen MR) is 162 cm³/mol. The van der Waals surface area contributed by atoms with Crippen LogP contribution in [0.1, 0.15) is 12.5 Å². The molecule has 0 aromatic carbocycles. The molecule has 272 valence electrons. The highest BCUT2D eigenvalue weighted by Crippen LogP contribution is 2.50. The van der Waals surface area contributed by atoms with Crippen LogP contribution in [0.3, 0.4) is 0 Å². The molecule has 3 aromatic rings. The molecular weight excluding hydrogens is 704 g/mol. The molecule has 26 heteroatoms. The maximum Gasteiger partial charge on any atom is 0.469 e. The molecule has 0 spiro atoms. The van der Waals surface area contributed by atoms with Crippen molar-refractivity contribution in [2.24, 2.45) is 0 Å². The summed E-state index contributed by atoms with van der Waals surface area (Å²) >= 11 is 0. The number of nitrogen functional groups attached to an aromatic ring is 2. The zero-order valence-electron chi connectivity index (χ0n) is 25.7. The number of aromatic nitrogens is 6. The molecule has 9 atom stereocenters. The summed E-state index contributed by atoms with van der Waals surface area (Å²) in [5.41, 5.74) is 9.54. The summed E-state index contributed by atoms with van der Waals surface area (Å²) in [5, 5.41) is 23.9. The van der Waals surface area contributed by atoms with Crippen molar-refractivity contribution in [3.63, 3.8) is 0 Å². The number of anilines is 2. The van der Waals surface area contributed by atoms with Crippen LogP contribution in [0.15, 0.2) is 28.2 Å². The van der Waals surface area contributed by atoms with Crippen molar-refractivity contribution in [1.82, 2.24) is 34.2 Å². The summed E-state index contributed by atoms with van der Waals surface area (Å²) in [6.45, 7) is -1.59. The molecule has 0 radical (unpaired) electrons. The van der Waals surface area contributed by atoms with Gasteiger partial charge in [0.15, 0.2) is 23.6 Å². The van der Waals surface area contributed by atoms with E-state index in [1.54, 1.807) is 0 Å². The zero-order chi connectivity index (χ0) is 35.7. The van der Waals surface area contributed by atoms with Crippen molar-refractivity contribution in [2.75, 3.05) is 52.1 Å². The van der Waals surface area contributed by atoms with E-state index in [1.807, 2.05) is 0 Å². The van der Waals surface area contributed by atoms with Crippen LogP contribution < -0.4 is 27.8 Å². The highest BCUT2D eigenvalue weighted by molar-refractivity contribution is 7.51. The summed E-state index contributed by atoms with van der Waals surface area (Å²) in [5.74, 6) is -0.330. The highest BCUT2D eigenvalue weighted by Gasteiger charge is 2.52. The van der Waals surface area contributed by atoms with Crippen LogP contribution in [0.5, 0.6) is 0 Å². The molecule has 10 N–H and O–H groups in total. The van der Waals surface area contributed by atoms with E-state index in [9.17, 15) is 38.7 Å². The Bertz CT molecular complexity index is 1830. The molecule has 0 amide bonds. The number of methoxy groups -OCH3 is 2. The lowest BCUT2D eigenvalue weighted by atomic mass is 10.1. The fourth-order valence-corrected chi connectivity index (χ4v) is 7.04. The molecule has 2 saturated heterocycles. The number of phosphoric ester groups is 1. The van der Waals surface area contributed by atoms with Crippen LogP contribution in [-0.2, 0) is 41.6 Å². The lowest BCUT2D eigenvalue weighted by molar-refractivity contribution is -0.0578. The second kappa shape index (κ2) is 15.0. The molecule has 49 heavy (non-hydrogen) atoms. The zero-order valence-corrected chi connectivity index (χ0v) is 27.5. The SMILES string of the molecule is COCCNP(=O)(OC[C@H]1O[C@@H](n2ccc(N)nc2=O)[C@H](O)[C@@H]1O)O[C@H]1[C@@H](OC)[C@H](n2cnc3c(=O)[nH]c(N)nc32)O[C@@H]1COP(=O)(O)O. The molecule has 0 aliphatic carbocycles. The molecular formula is C23H35N9O15P2. The topological polar surface area (TPSA) is 342 Å². The summed E-state index contributed by atoms with van der Waals surface area (Å²) in [4.78, 5) is 57.5. The highest BCUT2D eigenvalue weighted by atomic mass is 31.2. The van der Waals surface area contributed by atoms with Gasteiger partial charge in [-0.15, -0.1) is 0 Å². The van der Waals surface area contributed by atoms with Crippen LogP contribution in [0.25, 0.3) is 11.2 Å². The number of nitrogens with one attached hydrogen (secondary N) is 2. The Balaban J connectivity index is 1.42. The number of nitrogens with zero attached hydrogens (tertiary/aromatic N) is 5. The lowest BCUT2D eigenvalue weighted by Gasteiger charge is -2.29. The number of hydrogen-bond acceptors (Lipinski definition) is 18. The summed E-state index contributed by atoms with van der Waals surface area (Å²) in [7, 11) is -7.00. The quantitative estimate of drug-likeness (QED) is 0.0566. The molecule has 2 aliphatic rings. The largest absolute Gasteiger partial charge is 0.469 e. The van der Waals surface area contributed by atoms with Gasteiger partial charge in [-0.05, 0) is 6.07 Å². The number of H-pyrrole nitrogens is 1. The third-order valence-corrected chi connectivity index (χ3v) is 9.54. The summed E-state index contributed by atoms with van der Waals surface area (Å²) in [6, 6.07) is 1.28. The molecule has 0 saturated carbocycles. The van der Waals surface area contributed by atoms with Crippen molar-refractivity contribution in [2.45, 2.75) is 49.1 Å². The van der Waals surface area contributed by atoms with Gasteiger partial charge >= 0.3 is 21.3 Å². The predicted octanol–water partition coefficient (Wildman–Crippen LogP) is -3.07. The van der Waals surface area contributed by atoms with Crippen LogP contribution >= 0.6 is 15.6 Å². The number of ether oxygens (including phenoxy) is 4. The minimum absolute atomic E-state index is 0.0119. The first kappa shape index (κ1) is 37.1. The second-order valence-electron chi connectivity index (χ2n) is 10.7. The molecule has 5 heterocycles. The minimum Gasteiger partial charge on any atom is -0.387 e. The number of aliphatic hydroxyl groups excluding tert-OH is 2. The number of rotatable bonds is 15. The molecule has 2 aliphatic heterocycles. The first-order valence-corrected chi connectivity index (χ1v) is 17.4. The fourth-order valence-electron chi connectivity index (χ4n) is 5.19. The average Bonchev–Trinajstić information content (AvgIpc) is 3.68. The Morgan fingerprint density at radius 2 is 1.71 bits per heavy atom. The van der Waals surface area contributed by atoms with Gasteiger partial charge in [-0.3, -0.25) is 32.5 Å². The van der Waals surface area contributed by atoms with E-state index in [2.05, 4.69) is 29.5 Å². The van der Waals surface area contributed by atoms with Gasteiger partial charge in [0.1, 0.15) is 42.4 Å². The normalized spacial score (nSPS) is 28.7. The van der Waals surface area contributed by atoms with E-state index >= 15 is 0 Å². The third kappa shape index (κ3) is 8.24. The van der Waals surface area contributed by atoms with Gasteiger partial charge in [0.25, 0.3) is 5.56 Å². The van der Waals surface area contributed by atoms with Crippen LogP contribution in [0, 0.1) is 0 Å². The number of phosphoric acid groups is 1. The minimum atomic E-state index is -5.06. The van der Waals surface area contributed by atoms with Crippen molar-refractivity contribution in [3.05, 3.63) is 39.4 Å². The smallest absolute Gasteiger partial charge is 0.387 e. The van der Waals surface area contributed by atoms with Crippen LogP contribution in [0.4, 0.5) is 11.8 Å². The van der Waals surface area contributed by atoms with E-state index in [4.69, 9.17) is 39.5 Å². The van der Waals surface area contributed by atoms with Crippen LogP contribution in [-0.4, -0.2) is 126 Å². The number of hydrogen-bond donors (Lipinski definition) is 8. The fraction of sp³-hybridized carbons (Fsp3) is 0.609. The van der Waals surface area contributed by atoms with Crippen molar-refractivity contribution < 1.29 is 61.6 Å². The molecule has 3 aromatic heterocycles. The first-order valence-electron chi connectivity index (χ1n) is 14.3. The molecule has 1 unspecified atom stereocenters. The van der Waals surface area contributed by atoms with Crippen molar-refractivity contribution in [3.8, 4) is 0 Å². The Morgan fingerprint density at radius 1 is 1.00 bits per heavy atom. The number of aromatic amines is 1. The summed E-state index contributed by atoms with van der Waals surface area (Å²) in [6.07, 6.45) is -9.09. The van der Waals surface area contributed by atoms with E-state index < -0.39 is 89.1 Å². The van der Waals surface area contributed by atoms with Gasteiger partial charge < -0.3 is 50.4 Å². The molecule has 5 rings (SSSR count). The number of aliphatic hydroxyl groups is 2. The van der Waals surface area contributed by atoms with Gasteiger partial charge in [-0.1, -0.05) is 0 Å². The van der Waals surface area contributed by atoms with Gasteiger partial charge in [0, 0.05) is 27.0 Å². The lowest BCUT2D eigenvalue weighted by Crippen LogP contribution is -2.39. The van der Waals surface area contributed by atoms with E-state index in [-0.39, 0.29) is 36.1 Å². The second-order valence-corrected chi connectivity index (χ2v) is 13.7. The van der Waals surface area contributed by atoms with Gasteiger partial charge in [-0.2, -0.15) is 9.97 Å². The van der Waals surface area contributed by atoms with Gasteiger partial charge in [0.05, 0.1) is 26.1 Å². The monoisotopic (exact) mass is 739 g/mol. The Morgan fingerprint density at radius 3 is 2.39 bits per heavy atom. The van der Waals surface area contributed by atoms with E-state index in [0.29, 0.717) is 0 Å². The van der Waals surface area contributed by atoms with Gasteiger partial charge in [-0.25, -0.2) is 24.0 Å². The molecule has 24 nitrogen and oxygen atoms in total. The number of fused-ring (bicyclic) bond motifs is 1. The van der Waals surface area contributed by atoms with E-state index in [0.717, 1.165) is 4.57 Å². The van der Waals surface area contributed by atoms with Crippen molar-refractivity contribution in [1.29, 1.82) is 0 Å². The molecule has 2 fully saturated rings. The van der Waals surface area contributed by atoms with Crippen molar-refractivity contribution >= 4 is 38.5 Å².